The molecule has 0 aromatic carbocycles. The lowest BCUT2D eigenvalue weighted by molar-refractivity contribution is -0.151. The smallest absolute Gasteiger partial charge is 0.245 e. The Labute approximate surface area is 115 Å². The molecule has 19 heavy (non-hydrogen) atoms. The molecule has 1 N–H and O–H groups in total. The number of piperazine rings is 1. The van der Waals surface area contributed by atoms with Crippen LogP contribution < -0.4 is 5.32 Å². The van der Waals surface area contributed by atoms with Gasteiger partial charge in [-0.05, 0) is 31.6 Å². The van der Waals surface area contributed by atoms with Gasteiger partial charge in [0, 0.05) is 6.54 Å². The zero-order chi connectivity index (χ0) is 14.0. The minimum atomic E-state index is -0.373. The Kier molecular flexibility index (Phi) is 4.16. The number of hydrogen-bond acceptors (Lipinski definition) is 2. The van der Waals surface area contributed by atoms with E-state index in [0.29, 0.717) is 6.42 Å². The first-order valence-corrected chi connectivity index (χ1v) is 7.58. The van der Waals surface area contributed by atoms with E-state index in [1.165, 1.54) is 32.1 Å². The molecule has 0 spiro atoms. The van der Waals surface area contributed by atoms with Gasteiger partial charge in [0.15, 0.2) is 0 Å². The molecule has 0 aromatic rings. The van der Waals surface area contributed by atoms with Crippen LogP contribution in [0.4, 0.5) is 0 Å². The van der Waals surface area contributed by atoms with Gasteiger partial charge in [0.25, 0.3) is 0 Å². The molecule has 2 aliphatic rings. The summed E-state index contributed by atoms with van der Waals surface area (Å²) in [6.45, 7) is 6.76. The van der Waals surface area contributed by atoms with Crippen LogP contribution in [-0.2, 0) is 9.59 Å². The van der Waals surface area contributed by atoms with Crippen LogP contribution in [0.25, 0.3) is 0 Å². The fourth-order valence-corrected chi connectivity index (χ4v) is 3.48. The minimum Gasteiger partial charge on any atom is -0.343 e. The number of carbonyl (C=O) groups excluding carboxylic acids is 2. The van der Waals surface area contributed by atoms with Crippen molar-refractivity contribution in [1.82, 2.24) is 10.2 Å². The van der Waals surface area contributed by atoms with E-state index in [-0.39, 0.29) is 29.3 Å². The fraction of sp³-hybridized carbons (Fsp3) is 0.867. The molecule has 4 heteroatoms. The molecule has 1 aliphatic heterocycles. The van der Waals surface area contributed by atoms with E-state index in [4.69, 9.17) is 0 Å². The van der Waals surface area contributed by atoms with Crippen molar-refractivity contribution in [3.8, 4) is 0 Å². The monoisotopic (exact) mass is 266 g/mol. The predicted octanol–water partition coefficient (Wildman–Crippen LogP) is 2.08. The van der Waals surface area contributed by atoms with Crippen LogP contribution in [0.1, 0.15) is 59.3 Å². The van der Waals surface area contributed by atoms with Crippen LogP contribution in [0.15, 0.2) is 0 Å². The van der Waals surface area contributed by atoms with Crippen molar-refractivity contribution in [3.05, 3.63) is 0 Å². The first-order valence-electron chi connectivity index (χ1n) is 7.58. The number of amides is 2. The molecule has 1 saturated carbocycles. The lowest BCUT2D eigenvalue weighted by atomic mass is 9.75. The summed E-state index contributed by atoms with van der Waals surface area (Å²) >= 11 is 0. The Morgan fingerprint density at radius 2 is 1.89 bits per heavy atom. The number of nitrogens with zero attached hydrogens (tertiary/aromatic N) is 1. The maximum absolute atomic E-state index is 12.4. The van der Waals surface area contributed by atoms with E-state index in [2.05, 4.69) is 12.2 Å². The van der Waals surface area contributed by atoms with Crippen molar-refractivity contribution in [2.24, 2.45) is 5.41 Å². The number of rotatable bonds is 3. The van der Waals surface area contributed by atoms with Gasteiger partial charge in [0.05, 0.1) is 0 Å². The van der Waals surface area contributed by atoms with Crippen LogP contribution >= 0.6 is 0 Å². The van der Waals surface area contributed by atoms with Gasteiger partial charge in [-0.3, -0.25) is 9.59 Å². The molecular weight excluding hydrogens is 240 g/mol. The van der Waals surface area contributed by atoms with Crippen molar-refractivity contribution in [1.29, 1.82) is 0 Å². The van der Waals surface area contributed by atoms with Crippen molar-refractivity contribution in [2.75, 3.05) is 6.54 Å². The van der Waals surface area contributed by atoms with Crippen molar-refractivity contribution in [3.63, 3.8) is 0 Å². The second-order valence-electron chi connectivity index (χ2n) is 6.49. The third-order valence-electron chi connectivity index (χ3n) is 4.69. The first-order chi connectivity index (χ1) is 8.97. The third kappa shape index (κ3) is 2.93. The lowest BCUT2D eigenvalue weighted by Crippen LogP contribution is -2.63. The van der Waals surface area contributed by atoms with Gasteiger partial charge in [0.2, 0.25) is 11.8 Å². The summed E-state index contributed by atoms with van der Waals surface area (Å²) in [4.78, 5) is 26.2. The van der Waals surface area contributed by atoms with Crippen molar-refractivity contribution >= 4 is 11.8 Å². The van der Waals surface area contributed by atoms with E-state index >= 15 is 0 Å². The van der Waals surface area contributed by atoms with Gasteiger partial charge >= 0.3 is 0 Å². The molecule has 4 nitrogen and oxygen atoms in total. The quantitative estimate of drug-likeness (QED) is 0.850. The summed E-state index contributed by atoms with van der Waals surface area (Å²) in [6.07, 6.45) is 6.83. The molecule has 2 unspecified atom stereocenters. The van der Waals surface area contributed by atoms with Gasteiger partial charge in [-0.15, -0.1) is 0 Å². The Balaban J connectivity index is 2.14. The maximum atomic E-state index is 12.4. The average Bonchev–Trinajstić information content (AvgIpc) is 2.36. The molecule has 0 radical (unpaired) electrons. The van der Waals surface area contributed by atoms with Crippen LogP contribution in [0, 0.1) is 5.41 Å². The summed E-state index contributed by atoms with van der Waals surface area (Å²) in [7, 11) is 0. The van der Waals surface area contributed by atoms with E-state index < -0.39 is 0 Å². The normalized spacial score (nSPS) is 31.2. The van der Waals surface area contributed by atoms with Crippen LogP contribution in [0.3, 0.4) is 0 Å². The number of nitrogens with one attached hydrogen (secondary N) is 1. The summed E-state index contributed by atoms with van der Waals surface area (Å²) in [6, 6.07) is -0.648. The molecule has 2 rings (SSSR count). The molecule has 108 valence electrons. The summed E-state index contributed by atoms with van der Waals surface area (Å²) in [5.41, 5.74) is 0.193. The molecule has 0 bridgehead atoms. The predicted molar refractivity (Wildman–Crippen MR) is 74.6 cm³/mol. The first kappa shape index (κ1) is 14.4. The zero-order valence-corrected chi connectivity index (χ0v) is 12.4. The number of hydrogen-bond donors (Lipinski definition) is 1. The number of carbonyl (C=O) groups is 2. The molecule has 1 aliphatic carbocycles. The molecule has 0 aromatic heterocycles. The molecule has 2 amide bonds. The standard InChI is InChI=1S/C15H26N2O2/c1-4-12-13(18)16-11(2)14(19)17(12)10-15(3)8-6-5-7-9-15/h11-12H,4-10H2,1-3H3,(H,16,18). The topological polar surface area (TPSA) is 49.4 Å². The zero-order valence-electron chi connectivity index (χ0n) is 12.4. The van der Waals surface area contributed by atoms with Gasteiger partial charge in [-0.1, -0.05) is 33.1 Å². The minimum absolute atomic E-state index is 0.00834. The summed E-state index contributed by atoms with van der Waals surface area (Å²) in [5.74, 6) is 0.0901. The van der Waals surface area contributed by atoms with Crippen molar-refractivity contribution < 1.29 is 9.59 Å². The van der Waals surface area contributed by atoms with Crippen LogP contribution in [-0.4, -0.2) is 35.3 Å². The largest absolute Gasteiger partial charge is 0.343 e. The fourth-order valence-electron chi connectivity index (χ4n) is 3.48. The van der Waals surface area contributed by atoms with E-state index in [1.54, 1.807) is 6.92 Å². The molecule has 2 fully saturated rings. The van der Waals surface area contributed by atoms with Gasteiger partial charge in [0.1, 0.15) is 12.1 Å². The van der Waals surface area contributed by atoms with Gasteiger partial charge < -0.3 is 10.2 Å². The summed E-state index contributed by atoms with van der Waals surface area (Å²) < 4.78 is 0. The highest BCUT2D eigenvalue weighted by molar-refractivity contribution is 5.96. The van der Waals surface area contributed by atoms with E-state index in [0.717, 1.165) is 6.54 Å². The molecular formula is C15H26N2O2. The highest BCUT2D eigenvalue weighted by atomic mass is 16.2. The van der Waals surface area contributed by atoms with Gasteiger partial charge in [-0.2, -0.15) is 0 Å². The Bertz CT molecular complexity index is 361. The molecule has 2 atom stereocenters. The molecule has 1 heterocycles. The Morgan fingerprint density at radius 3 is 2.47 bits per heavy atom. The highest BCUT2D eigenvalue weighted by Gasteiger charge is 2.41. The van der Waals surface area contributed by atoms with Crippen LogP contribution in [0.2, 0.25) is 0 Å². The second kappa shape index (κ2) is 5.51. The highest BCUT2D eigenvalue weighted by Crippen LogP contribution is 2.37. The van der Waals surface area contributed by atoms with E-state index in [9.17, 15) is 9.59 Å². The SMILES string of the molecule is CCC1C(=O)NC(C)C(=O)N1CC1(C)CCCCC1. The van der Waals surface area contributed by atoms with E-state index in [1.807, 2.05) is 11.8 Å². The Morgan fingerprint density at radius 1 is 1.26 bits per heavy atom. The third-order valence-corrected chi connectivity index (χ3v) is 4.69. The maximum Gasteiger partial charge on any atom is 0.245 e. The van der Waals surface area contributed by atoms with Crippen molar-refractivity contribution in [2.45, 2.75) is 71.4 Å². The average molecular weight is 266 g/mol. The second-order valence-corrected chi connectivity index (χ2v) is 6.49. The van der Waals surface area contributed by atoms with Crippen LogP contribution in [0.5, 0.6) is 0 Å². The van der Waals surface area contributed by atoms with Gasteiger partial charge in [-0.25, -0.2) is 0 Å². The molecule has 1 saturated heterocycles. The Hall–Kier alpha value is -1.06. The summed E-state index contributed by atoms with van der Waals surface area (Å²) in [5, 5.41) is 2.78. The lowest BCUT2D eigenvalue weighted by Gasteiger charge is -2.44.